The predicted octanol–water partition coefficient (Wildman–Crippen LogP) is 1.51. The van der Waals surface area contributed by atoms with Crippen LogP contribution in [0.5, 0.6) is 0 Å². The van der Waals surface area contributed by atoms with Gasteiger partial charge in [-0.1, -0.05) is 19.8 Å². The van der Waals surface area contributed by atoms with E-state index in [1.54, 1.807) is 0 Å². The second-order valence-corrected chi connectivity index (χ2v) is 6.45. The molecule has 2 saturated heterocycles. The van der Waals surface area contributed by atoms with Crippen LogP contribution in [-0.2, 0) is 14.3 Å². The van der Waals surface area contributed by atoms with E-state index in [0.717, 1.165) is 19.3 Å². The quantitative estimate of drug-likeness (QED) is 0.744. The van der Waals surface area contributed by atoms with Crippen molar-refractivity contribution in [3.05, 3.63) is 0 Å². The van der Waals surface area contributed by atoms with Gasteiger partial charge in [-0.2, -0.15) is 0 Å². The first-order chi connectivity index (χ1) is 10.9. The van der Waals surface area contributed by atoms with E-state index in [9.17, 15) is 19.5 Å². The average molecular weight is 326 g/mol. The second-order valence-electron chi connectivity index (χ2n) is 6.45. The Balaban J connectivity index is 2.23. The molecule has 2 unspecified atom stereocenters. The Labute approximate surface area is 136 Å². The Morgan fingerprint density at radius 3 is 2.52 bits per heavy atom. The molecule has 2 aliphatic heterocycles. The molecule has 2 fully saturated rings. The Morgan fingerprint density at radius 2 is 2.00 bits per heavy atom. The zero-order valence-electron chi connectivity index (χ0n) is 13.9. The molecule has 1 N–H and O–H groups in total. The van der Waals surface area contributed by atoms with Gasteiger partial charge in [0.2, 0.25) is 0 Å². The number of hydrogen-bond donors (Lipinski definition) is 1. The zero-order chi connectivity index (χ0) is 17.0. The van der Waals surface area contributed by atoms with E-state index in [0.29, 0.717) is 32.5 Å². The van der Waals surface area contributed by atoms with Crippen LogP contribution in [-0.4, -0.2) is 71.1 Å². The van der Waals surface area contributed by atoms with Crippen LogP contribution >= 0.6 is 0 Å². The SMILES string of the molecule is CCCCC1N(C(=O)O)CC1(CC(=O)OC)N1CCC(=O)CC1. The lowest BCUT2D eigenvalue weighted by atomic mass is 9.72. The smallest absolute Gasteiger partial charge is 0.407 e. The van der Waals surface area contributed by atoms with E-state index in [1.807, 2.05) is 0 Å². The van der Waals surface area contributed by atoms with Crippen LogP contribution in [0, 0.1) is 0 Å². The predicted molar refractivity (Wildman–Crippen MR) is 83.2 cm³/mol. The van der Waals surface area contributed by atoms with Gasteiger partial charge < -0.3 is 14.7 Å². The number of Topliss-reactive ketones (excluding diaryl/α,β-unsaturated/α-hetero) is 1. The maximum absolute atomic E-state index is 11.9. The van der Waals surface area contributed by atoms with Crippen molar-refractivity contribution in [2.75, 3.05) is 26.7 Å². The highest BCUT2D eigenvalue weighted by Crippen LogP contribution is 2.42. The van der Waals surface area contributed by atoms with E-state index in [1.165, 1.54) is 12.0 Å². The highest BCUT2D eigenvalue weighted by Gasteiger charge is 2.58. The Morgan fingerprint density at radius 1 is 1.35 bits per heavy atom. The van der Waals surface area contributed by atoms with Crippen LogP contribution < -0.4 is 0 Å². The third-order valence-corrected chi connectivity index (χ3v) is 5.15. The van der Waals surface area contributed by atoms with Crippen LogP contribution in [0.1, 0.15) is 45.4 Å². The van der Waals surface area contributed by atoms with Crippen LogP contribution in [0.4, 0.5) is 4.79 Å². The minimum absolute atomic E-state index is 0.176. The number of nitrogens with zero attached hydrogens (tertiary/aromatic N) is 2. The van der Waals surface area contributed by atoms with E-state index in [-0.39, 0.29) is 24.2 Å². The third-order valence-electron chi connectivity index (χ3n) is 5.15. The standard InChI is InChI=1S/C16H26N2O5/c1-3-4-5-13-16(10-14(20)23-2,11-18(13)15(21)22)17-8-6-12(19)7-9-17/h13H,3-11H2,1-2H3,(H,21,22). The molecule has 0 aliphatic carbocycles. The zero-order valence-corrected chi connectivity index (χ0v) is 13.9. The van der Waals surface area contributed by atoms with Gasteiger partial charge in [-0.15, -0.1) is 0 Å². The second kappa shape index (κ2) is 7.29. The number of rotatable bonds is 6. The fraction of sp³-hybridized carbons (Fsp3) is 0.812. The van der Waals surface area contributed by atoms with Crippen LogP contribution in [0.15, 0.2) is 0 Å². The summed E-state index contributed by atoms with van der Waals surface area (Å²) in [7, 11) is 1.35. The first kappa shape index (κ1) is 17.7. The van der Waals surface area contributed by atoms with Crippen molar-refractivity contribution in [1.82, 2.24) is 9.80 Å². The molecule has 2 rings (SSSR count). The van der Waals surface area contributed by atoms with Crippen LogP contribution in [0.3, 0.4) is 0 Å². The summed E-state index contributed by atoms with van der Waals surface area (Å²) in [5, 5.41) is 9.40. The molecule has 23 heavy (non-hydrogen) atoms. The third kappa shape index (κ3) is 3.49. The summed E-state index contributed by atoms with van der Waals surface area (Å²) in [6, 6.07) is -0.216. The maximum atomic E-state index is 11.9. The van der Waals surface area contributed by atoms with Crippen molar-refractivity contribution in [2.24, 2.45) is 0 Å². The van der Waals surface area contributed by atoms with Gasteiger partial charge in [0, 0.05) is 32.5 Å². The van der Waals surface area contributed by atoms with E-state index in [2.05, 4.69) is 11.8 Å². The molecule has 0 saturated carbocycles. The molecule has 7 nitrogen and oxygen atoms in total. The van der Waals surface area contributed by atoms with E-state index < -0.39 is 11.6 Å². The summed E-state index contributed by atoms with van der Waals surface area (Å²) in [6.07, 6.45) is 2.77. The molecule has 2 heterocycles. The molecule has 0 spiro atoms. The number of methoxy groups -OCH3 is 1. The van der Waals surface area contributed by atoms with Crippen LogP contribution in [0.2, 0.25) is 0 Å². The Hall–Kier alpha value is -1.63. The first-order valence-corrected chi connectivity index (χ1v) is 8.27. The number of likely N-dealkylation sites (tertiary alicyclic amines) is 2. The van der Waals surface area contributed by atoms with Crippen molar-refractivity contribution in [3.63, 3.8) is 0 Å². The highest BCUT2D eigenvalue weighted by atomic mass is 16.5. The molecule has 0 aromatic carbocycles. The molecule has 0 aromatic rings. The lowest BCUT2D eigenvalue weighted by Gasteiger charge is -2.61. The van der Waals surface area contributed by atoms with Gasteiger partial charge in [0.05, 0.1) is 25.1 Å². The number of piperidine rings is 1. The molecule has 0 aromatic heterocycles. The summed E-state index contributed by atoms with van der Waals surface area (Å²) in [5.41, 5.74) is -0.526. The Kier molecular flexibility index (Phi) is 5.62. The summed E-state index contributed by atoms with van der Waals surface area (Å²) < 4.78 is 4.84. The lowest BCUT2D eigenvalue weighted by molar-refractivity contribution is -0.157. The van der Waals surface area contributed by atoms with Crippen molar-refractivity contribution < 1.29 is 24.2 Å². The maximum Gasteiger partial charge on any atom is 0.407 e. The number of carbonyl (C=O) groups is 3. The topological polar surface area (TPSA) is 87.2 Å². The lowest BCUT2D eigenvalue weighted by Crippen LogP contribution is -2.78. The molecule has 1 amide bonds. The molecule has 2 aliphatic rings. The number of esters is 1. The Bertz CT molecular complexity index is 471. The normalized spacial score (nSPS) is 28.3. The van der Waals surface area contributed by atoms with Gasteiger partial charge >= 0.3 is 12.1 Å². The molecule has 130 valence electrons. The van der Waals surface area contributed by atoms with Gasteiger partial charge in [-0.3, -0.25) is 14.5 Å². The van der Waals surface area contributed by atoms with E-state index in [4.69, 9.17) is 4.74 Å². The highest BCUT2D eigenvalue weighted by molar-refractivity contribution is 5.80. The molecule has 0 radical (unpaired) electrons. The minimum atomic E-state index is -0.945. The summed E-state index contributed by atoms with van der Waals surface area (Å²) in [4.78, 5) is 38.5. The number of carbonyl (C=O) groups excluding carboxylic acids is 2. The number of ketones is 1. The number of unbranched alkanes of at least 4 members (excludes halogenated alkanes) is 1. The number of amides is 1. The van der Waals surface area contributed by atoms with Gasteiger partial charge in [-0.05, 0) is 6.42 Å². The molecule has 2 atom stereocenters. The van der Waals surface area contributed by atoms with Gasteiger partial charge in [-0.25, -0.2) is 4.79 Å². The van der Waals surface area contributed by atoms with E-state index >= 15 is 0 Å². The van der Waals surface area contributed by atoms with Crippen molar-refractivity contribution in [1.29, 1.82) is 0 Å². The molecule has 0 bridgehead atoms. The van der Waals surface area contributed by atoms with Gasteiger partial charge in [0.1, 0.15) is 5.78 Å². The molecule has 7 heteroatoms. The van der Waals surface area contributed by atoms with Crippen molar-refractivity contribution >= 4 is 17.8 Å². The van der Waals surface area contributed by atoms with Crippen molar-refractivity contribution in [3.8, 4) is 0 Å². The van der Waals surface area contributed by atoms with Gasteiger partial charge in [0.15, 0.2) is 0 Å². The van der Waals surface area contributed by atoms with Crippen LogP contribution in [0.25, 0.3) is 0 Å². The van der Waals surface area contributed by atoms with Gasteiger partial charge in [0.25, 0.3) is 0 Å². The summed E-state index contributed by atoms with van der Waals surface area (Å²) in [5.74, 6) is -0.0950. The minimum Gasteiger partial charge on any atom is -0.469 e. The monoisotopic (exact) mass is 326 g/mol. The summed E-state index contributed by atoms with van der Waals surface area (Å²) >= 11 is 0. The fourth-order valence-corrected chi connectivity index (χ4v) is 3.83. The first-order valence-electron chi connectivity index (χ1n) is 8.27. The summed E-state index contributed by atoms with van der Waals surface area (Å²) in [6.45, 7) is 3.54. The fourth-order valence-electron chi connectivity index (χ4n) is 3.83. The van der Waals surface area contributed by atoms with Crippen molar-refractivity contribution in [2.45, 2.75) is 57.0 Å². The number of carboxylic acid groups (broad SMARTS) is 1. The largest absolute Gasteiger partial charge is 0.469 e. The molecular formula is C16H26N2O5. The molecular weight excluding hydrogens is 300 g/mol. The average Bonchev–Trinajstić information content (AvgIpc) is 2.51. The number of hydrogen-bond acceptors (Lipinski definition) is 5. The number of ether oxygens (including phenoxy) is 1.